The number of nitrogens with zero attached hydrogens (tertiary/aromatic N) is 2. The summed E-state index contributed by atoms with van der Waals surface area (Å²) in [5.74, 6) is -0.189. The maximum Gasteiger partial charge on any atom is 0.257 e. The second-order valence-electron chi connectivity index (χ2n) is 4.68. The van der Waals surface area contributed by atoms with Crippen molar-refractivity contribution in [2.75, 3.05) is 5.32 Å². The molecule has 0 spiro atoms. The molecule has 0 atom stereocenters. The van der Waals surface area contributed by atoms with Gasteiger partial charge in [0, 0.05) is 33.5 Å². The number of hydrogen-bond donors (Lipinski definition) is 1. The number of thiazole rings is 1. The van der Waals surface area contributed by atoms with Crippen LogP contribution in [0.4, 0.5) is 5.69 Å². The maximum absolute atomic E-state index is 12.1. The fourth-order valence-electron chi connectivity index (χ4n) is 1.96. The zero-order valence-corrected chi connectivity index (χ0v) is 14.1. The minimum atomic E-state index is -0.189. The Morgan fingerprint density at radius 1 is 1.23 bits per heavy atom. The predicted molar refractivity (Wildman–Crippen MR) is 92.2 cm³/mol. The van der Waals surface area contributed by atoms with E-state index in [1.165, 1.54) is 6.20 Å². The van der Waals surface area contributed by atoms with Crippen molar-refractivity contribution in [3.8, 4) is 11.3 Å². The van der Waals surface area contributed by atoms with Crippen molar-refractivity contribution >= 4 is 38.9 Å². The third-order valence-corrected chi connectivity index (χ3v) is 4.23. The molecule has 1 aromatic carbocycles. The van der Waals surface area contributed by atoms with Crippen LogP contribution in [-0.2, 0) is 0 Å². The molecule has 0 aliphatic rings. The zero-order valence-electron chi connectivity index (χ0n) is 11.7. The van der Waals surface area contributed by atoms with Crippen molar-refractivity contribution in [1.82, 2.24) is 9.97 Å². The number of aromatic nitrogens is 2. The second kappa shape index (κ2) is 6.37. The summed E-state index contributed by atoms with van der Waals surface area (Å²) in [6.45, 7) is 1.98. The van der Waals surface area contributed by atoms with E-state index in [2.05, 4.69) is 31.2 Å². The molecule has 0 aliphatic carbocycles. The third kappa shape index (κ3) is 3.40. The molecule has 1 N–H and O–H groups in total. The molecule has 4 nitrogen and oxygen atoms in total. The first-order chi connectivity index (χ1) is 10.6. The Balaban J connectivity index is 1.75. The number of halogens is 1. The summed E-state index contributed by atoms with van der Waals surface area (Å²) in [5.41, 5.74) is 3.23. The van der Waals surface area contributed by atoms with Gasteiger partial charge in [-0.3, -0.25) is 9.78 Å². The van der Waals surface area contributed by atoms with Crippen molar-refractivity contribution in [2.45, 2.75) is 6.92 Å². The van der Waals surface area contributed by atoms with Crippen molar-refractivity contribution in [2.24, 2.45) is 0 Å². The number of benzene rings is 1. The normalized spacial score (nSPS) is 10.5. The summed E-state index contributed by atoms with van der Waals surface area (Å²) >= 11 is 4.93. The number of nitrogens with one attached hydrogen (secondary N) is 1. The van der Waals surface area contributed by atoms with Crippen molar-refractivity contribution in [3.63, 3.8) is 0 Å². The number of aryl methyl sites for hydroxylation is 1. The molecular weight excluding hydrogens is 362 g/mol. The molecule has 3 rings (SSSR count). The Kier molecular flexibility index (Phi) is 4.31. The Bertz CT molecular complexity index is 814. The third-order valence-electron chi connectivity index (χ3n) is 3.02. The minimum absolute atomic E-state index is 0.189. The van der Waals surface area contributed by atoms with E-state index in [1.807, 2.05) is 36.6 Å². The lowest BCUT2D eigenvalue weighted by Crippen LogP contribution is -2.12. The van der Waals surface area contributed by atoms with Gasteiger partial charge in [0.1, 0.15) is 0 Å². The monoisotopic (exact) mass is 373 g/mol. The van der Waals surface area contributed by atoms with Gasteiger partial charge in [-0.05, 0) is 41.1 Å². The first-order valence-corrected chi connectivity index (χ1v) is 8.23. The summed E-state index contributed by atoms with van der Waals surface area (Å²) < 4.78 is 0.773. The number of rotatable bonds is 3. The van der Waals surface area contributed by atoms with Gasteiger partial charge < -0.3 is 5.32 Å². The van der Waals surface area contributed by atoms with Crippen LogP contribution in [0.1, 0.15) is 15.4 Å². The molecule has 0 bridgehead atoms. The zero-order chi connectivity index (χ0) is 15.5. The predicted octanol–water partition coefficient (Wildman–Crippen LogP) is 4.53. The van der Waals surface area contributed by atoms with Crippen molar-refractivity contribution in [1.29, 1.82) is 0 Å². The molecule has 1 amide bonds. The van der Waals surface area contributed by atoms with Crippen molar-refractivity contribution < 1.29 is 4.79 Å². The number of anilines is 1. The van der Waals surface area contributed by atoms with Gasteiger partial charge in [-0.2, -0.15) is 0 Å². The maximum atomic E-state index is 12.1. The number of amides is 1. The van der Waals surface area contributed by atoms with Crippen LogP contribution in [0.25, 0.3) is 11.3 Å². The fourth-order valence-corrected chi connectivity index (χ4v) is 2.95. The van der Waals surface area contributed by atoms with Crippen LogP contribution in [-0.4, -0.2) is 15.9 Å². The first-order valence-electron chi connectivity index (χ1n) is 6.56. The van der Waals surface area contributed by atoms with Crippen LogP contribution >= 0.6 is 27.3 Å². The number of hydrogen-bond acceptors (Lipinski definition) is 4. The highest BCUT2D eigenvalue weighted by Gasteiger charge is 2.08. The van der Waals surface area contributed by atoms with Crippen molar-refractivity contribution in [3.05, 3.63) is 63.1 Å². The molecule has 0 saturated heterocycles. The largest absolute Gasteiger partial charge is 0.322 e. The van der Waals surface area contributed by atoms with Gasteiger partial charge in [0.25, 0.3) is 5.91 Å². The Morgan fingerprint density at radius 2 is 2.00 bits per heavy atom. The summed E-state index contributed by atoms with van der Waals surface area (Å²) in [7, 11) is 0. The smallest absolute Gasteiger partial charge is 0.257 e. The Labute approximate surface area is 140 Å². The van der Waals surface area contributed by atoms with E-state index in [4.69, 9.17) is 0 Å². The van der Waals surface area contributed by atoms with E-state index in [-0.39, 0.29) is 5.91 Å². The summed E-state index contributed by atoms with van der Waals surface area (Å²) in [5, 5.41) is 5.91. The number of carbonyl (C=O) groups excluding carboxylic acids is 1. The van der Waals surface area contributed by atoms with Crippen LogP contribution in [0.3, 0.4) is 0 Å². The van der Waals surface area contributed by atoms with Gasteiger partial charge in [-0.25, -0.2) is 4.98 Å². The molecule has 0 aliphatic heterocycles. The summed E-state index contributed by atoms with van der Waals surface area (Å²) in [6, 6.07) is 9.36. The molecule has 2 heterocycles. The molecule has 0 saturated carbocycles. The molecule has 2 aromatic heterocycles. The van der Waals surface area contributed by atoms with Gasteiger partial charge >= 0.3 is 0 Å². The Hall–Kier alpha value is -2.05. The fraction of sp³-hybridized carbons (Fsp3) is 0.0625. The number of pyridine rings is 1. The summed E-state index contributed by atoms with van der Waals surface area (Å²) in [6.07, 6.45) is 3.17. The molecule has 0 radical (unpaired) electrons. The summed E-state index contributed by atoms with van der Waals surface area (Å²) in [4.78, 5) is 20.6. The molecule has 3 aromatic rings. The van der Waals surface area contributed by atoms with Gasteiger partial charge in [0.15, 0.2) is 0 Å². The number of carbonyl (C=O) groups is 1. The van der Waals surface area contributed by atoms with E-state index in [0.717, 1.165) is 26.4 Å². The van der Waals surface area contributed by atoms with E-state index in [9.17, 15) is 4.79 Å². The van der Waals surface area contributed by atoms with Gasteiger partial charge in [0.2, 0.25) is 0 Å². The van der Waals surface area contributed by atoms with Crippen LogP contribution in [0.5, 0.6) is 0 Å². The topological polar surface area (TPSA) is 54.9 Å². The SMILES string of the molecule is Cc1nc(-c2ccc(NC(=O)c3cncc(Br)c3)cc2)cs1. The van der Waals surface area contributed by atoms with Crippen LogP contribution < -0.4 is 5.32 Å². The van der Waals surface area contributed by atoms with E-state index >= 15 is 0 Å². The van der Waals surface area contributed by atoms with Crippen LogP contribution in [0.15, 0.2) is 52.6 Å². The lowest BCUT2D eigenvalue weighted by molar-refractivity contribution is 0.102. The average molecular weight is 374 g/mol. The highest BCUT2D eigenvalue weighted by atomic mass is 79.9. The lowest BCUT2D eigenvalue weighted by atomic mass is 10.1. The lowest BCUT2D eigenvalue weighted by Gasteiger charge is -2.06. The highest BCUT2D eigenvalue weighted by molar-refractivity contribution is 9.10. The Morgan fingerprint density at radius 3 is 2.64 bits per heavy atom. The van der Waals surface area contributed by atoms with Gasteiger partial charge in [0.05, 0.1) is 16.3 Å². The van der Waals surface area contributed by atoms with Gasteiger partial charge in [-0.1, -0.05) is 12.1 Å². The first kappa shape index (κ1) is 14.9. The van der Waals surface area contributed by atoms with Crippen LogP contribution in [0.2, 0.25) is 0 Å². The average Bonchev–Trinajstić information content (AvgIpc) is 2.94. The van der Waals surface area contributed by atoms with E-state index in [1.54, 1.807) is 23.6 Å². The standard InChI is InChI=1S/C16H12BrN3OS/c1-10-19-15(9-22-10)11-2-4-14(5-3-11)20-16(21)12-6-13(17)8-18-7-12/h2-9H,1H3,(H,20,21). The quantitative estimate of drug-likeness (QED) is 0.733. The van der Waals surface area contributed by atoms with Gasteiger partial charge in [-0.15, -0.1) is 11.3 Å². The van der Waals surface area contributed by atoms with E-state index < -0.39 is 0 Å². The van der Waals surface area contributed by atoms with Crippen LogP contribution in [0, 0.1) is 6.92 Å². The minimum Gasteiger partial charge on any atom is -0.322 e. The molecular formula is C16H12BrN3OS. The second-order valence-corrected chi connectivity index (χ2v) is 6.65. The van der Waals surface area contributed by atoms with E-state index in [0.29, 0.717) is 5.56 Å². The molecule has 110 valence electrons. The molecule has 0 unspecified atom stereocenters. The molecule has 0 fully saturated rings. The molecule has 6 heteroatoms. The highest BCUT2D eigenvalue weighted by Crippen LogP contribution is 2.23. The molecule has 22 heavy (non-hydrogen) atoms.